The van der Waals surface area contributed by atoms with Crippen molar-refractivity contribution in [2.75, 3.05) is 6.61 Å². The number of nitrogens with zero attached hydrogens (tertiary/aromatic N) is 2. The number of benzene rings is 2. The van der Waals surface area contributed by atoms with Crippen molar-refractivity contribution in [1.29, 1.82) is 0 Å². The van der Waals surface area contributed by atoms with Crippen LogP contribution >= 0.6 is 34.5 Å². The molecule has 0 saturated carbocycles. The standard InChI is InChI=1S/C24H20Cl2N2O4S/c1-4-32-23(31)19-13(3)27-24-28(20(19)15-7-5-12(2)6-8-15)22(30)18(33-24)11-14-9-16(25)21(29)17(26)10-14/h5-11,20,29H,4H2,1-3H3/b18-11+/t20-/m0/s1. The normalized spacial score (nSPS) is 15.9. The number of aryl methyl sites for hydroxylation is 1. The van der Waals surface area contributed by atoms with E-state index in [-0.39, 0.29) is 28.0 Å². The molecule has 0 amide bonds. The average Bonchev–Trinajstić information content (AvgIpc) is 3.06. The Kier molecular flexibility index (Phi) is 6.47. The van der Waals surface area contributed by atoms with Gasteiger partial charge < -0.3 is 9.84 Å². The highest BCUT2D eigenvalue weighted by Gasteiger charge is 2.33. The summed E-state index contributed by atoms with van der Waals surface area (Å²) < 4.78 is 7.20. The van der Waals surface area contributed by atoms with Gasteiger partial charge in [0.05, 0.1) is 38.5 Å². The van der Waals surface area contributed by atoms with Gasteiger partial charge in [-0.25, -0.2) is 9.79 Å². The van der Waals surface area contributed by atoms with Gasteiger partial charge in [0.2, 0.25) is 0 Å². The van der Waals surface area contributed by atoms with Crippen molar-refractivity contribution in [2.45, 2.75) is 26.8 Å². The maximum absolute atomic E-state index is 13.5. The van der Waals surface area contributed by atoms with E-state index in [9.17, 15) is 14.7 Å². The van der Waals surface area contributed by atoms with Gasteiger partial charge in [-0.05, 0) is 50.1 Å². The molecule has 0 saturated heterocycles. The number of allylic oxidation sites excluding steroid dienone is 1. The van der Waals surface area contributed by atoms with E-state index in [0.29, 0.717) is 26.2 Å². The molecule has 0 bridgehead atoms. The van der Waals surface area contributed by atoms with Crippen LogP contribution < -0.4 is 14.9 Å². The third kappa shape index (κ3) is 4.36. The lowest BCUT2D eigenvalue weighted by Gasteiger charge is -2.24. The van der Waals surface area contributed by atoms with Gasteiger partial charge in [0.15, 0.2) is 10.6 Å². The maximum Gasteiger partial charge on any atom is 0.338 e. The number of esters is 1. The third-order valence-electron chi connectivity index (χ3n) is 5.25. The number of rotatable bonds is 4. The molecule has 1 N–H and O–H groups in total. The number of phenols is 1. The number of carbonyl (C=O) groups is 1. The second-order valence-electron chi connectivity index (χ2n) is 7.55. The van der Waals surface area contributed by atoms with Crippen molar-refractivity contribution in [3.05, 3.63) is 94.1 Å². The Morgan fingerprint density at radius 1 is 1.21 bits per heavy atom. The summed E-state index contributed by atoms with van der Waals surface area (Å²) in [5.41, 5.74) is 2.92. The number of hydrogen-bond donors (Lipinski definition) is 1. The van der Waals surface area contributed by atoms with Crippen LogP contribution in [0.15, 0.2) is 57.5 Å². The Morgan fingerprint density at radius 2 is 1.85 bits per heavy atom. The summed E-state index contributed by atoms with van der Waals surface area (Å²) in [5, 5.41) is 9.98. The minimum atomic E-state index is -0.671. The van der Waals surface area contributed by atoms with Crippen LogP contribution in [0.5, 0.6) is 5.75 Å². The highest BCUT2D eigenvalue weighted by atomic mass is 35.5. The fourth-order valence-corrected chi connectivity index (χ4v) is 5.23. The number of aromatic nitrogens is 1. The largest absolute Gasteiger partial charge is 0.505 e. The Hall–Kier alpha value is -2.87. The average molecular weight is 503 g/mol. The number of ether oxygens (including phenoxy) is 1. The lowest BCUT2D eigenvalue weighted by atomic mass is 9.95. The van der Waals surface area contributed by atoms with E-state index in [4.69, 9.17) is 27.9 Å². The van der Waals surface area contributed by atoms with Crippen LogP contribution in [-0.2, 0) is 9.53 Å². The van der Waals surface area contributed by atoms with E-state index in [1.54, 1.807) is 19.9 Å². The molecule has 1 atom stereocenters. The fraction of sp³-hybridized carbons (Fsp3) is 0.208. The molecule has 1 aromatic heterocycles. The summed E-state index contributed by atoms with van der Waals surface area (Å²) >= 11 is 13.3. The van der Waals surface area contributed by atoms with Crippen LogP contribution in [-0.4, -0.2) is 22.2 Å². The third-order valence-corrected chi connectivity index (χ3v) is 6.81. The Bertz CT molecular complexity index is 1450. The molecule has 33 heavy (non-hydrogen) atoms. The summed E-state index contributed by atoms with van der Waals surface area (Å²) in [7, 11) is 0. The van der Waals surface area contributed by atoms with E-state index >= 15 is 0 Å². The Morgan fingerprint density at radius 3 is 2.45 bits per heavy atom. The Balaban J connectivity index is 1.96. The first-order chi connectivity index (χ1) is 15.7. The van der Waals surface area contributed by atoms with E-state index in [2.05, 4.69) is 4.99 Å². The molecule has 2 aromatic carbocycles. The van der Waals surface area contributed by atoms with E-state index < -0.39 is 12.0 Å². The SMILES string of the molecule is CCOC(=O)C1=C(C)N=c2s/c(=C/c3cc(Cl)c(O)c(Cl)c3)c(=O)n2[C@H]1c1ccc(C)cc1. The van der Waals surface area contributed by atoms with Crippen LogP contribution in [0.4, 0.5) is 0 Å². The quantitative estimate of drug-likeness (QED) is 0.544. The zero-order valence-electron chi connectivity index (χ0n) is 18.1. The molecule has 2 heterocycles. The summed E-state index contributed by atoms with van der Waals surface area (Å²) in [6, 6.07) is 10.0. The number of fused-ring (bicyclic) bond motifs is 1. The van der Waals surface area contributed by atoms with Gasteiger partial charge in [0.25, 0.3) is 5.56 Å². The first kappa shape index (κ1) is 23.3. The van der Waals surface area contributed by atoms with Crippen molar-refractivity contribution in [2.24, 2.45) is 4.99 Å². The monoisotopic (exact) mass is 502 g/mol. The molecule has 9 heteroatoms. The zero-order valence-corrected chi connectivity index (χ0v) is 20.4. The molecule has 0 spiro atoms. The predicted octanol–water partition coefficient (Wildman–Crippen LogP) is 4.12. The molecule has 1 aliphatic heterocycles. The first-order valence-electron chi connectivity index (χ1n) is 10.2. The molecule has 0 unspecified atom stereocenters. The Labute approximate surface area is 203 Å². The molecule has 170 valence electrons. The molecule has 6 nitrogen and oxygen atoms in total. The molecule has 4 rings (SSSR count). The van der Waals surface area contributed by atoms with Gasteiger partial charge in [-0.2, -0.15) is 0 Å². The lowest BCUT2D eigenvalue weighted by Crippen LogP contribution is -2.39. The second kappa shape index (κ2) is 9.17. The van der Waals surface area contributed by atoms with Gasteiger partial charge in [0.1, 0.15) is 0 Å². The number of aromatic hydroxyl groups is 1. The van der Waals surface area contributed by atoms with Crippen molar-refractivity contribution < 1.29 is 14.6 Å². The molecule has 0 aliphatic carbocycles. The number of carbonyl (C=O) groups excluding carboxylic acids is 1. The fourth-order valence-electron chi connectivity index (χ4n) is 3.68. The summed E-state index contributed by atoms with van der Waals surface area (Å²) in [6.07, 6.45) is 1.64. The van der Waals surface area contributed by atoms with Crippen molar-refractivity contribution in [3.8, 4) is 5.75 Å². The predicted molar refractivity (Wildman–Crippen MR) is 130 cm³/mol. The van der Waals surface area contributed by atoms with E-state index in [0.717, 1.165) is 11.1 Å². The number of hydrogen-bond acceptors (Lipinski definition) is 6. The van der Waals surface area contributed by atoms with Crippen LogP contribution in [0.3, 0.4) is 0 Å². The molecule has 3 aromatic rings. The van der Waals surface area contributed by atoms with Gasteiger partial charge in [-0.3, -0.25) is 9.36 Å². The molecular formula is C24H20Cl2N2O4S. The summed E-state index contributed by atoms with van der Waals surface area (Å²) in [6.45, 7) is 5.65. The molecule has 0 radical (unpaired) electrons. The lowest BCUT2D eigenvalue weighted by molar-refractivity contribution is -0.139. The molecule has 1 aliphatic rings. The van der Waals surface area contributed by atoms with Crippen LogP contribution in [0.1, 0.15) is 36.6 Å². The first-order valence-corrected chi connectivity index (χ1v) is 11.7. The summed E-state index contributed by atoms with van der Waals surface area (Å²) in [4.78, 5) is 31.4. The number of phenolic OH excluding ortho intramolecular Hbond substituents is 1. The van der Waals surface area contributed by atoms with Gasteiger partial charge in [-0.1, -0.05) is 64.4 Å². The number of halogens is 2. The van der Waals surface area contributed by atoms with Gasteiger partial charge in [-0.15, -0.1) is 0 Å². The smallest absolute Gasteiger partial charge is 0.338 e. The second-order valence-corrected chi connectivity index (χ2v) is 9.37. The topological polar surface area (TPSA) is 80.9 Å². The van der Waals surface area contributed by atoms with E-state index in [1.165, 1.54) is 28.0 Å². The van der Waals surface area contributed by atoms with Crippen molar-refractivity contribution in [3.63, 3.8) is 0 Å². The number of thiazole rings is 1. The highest BCUT2D eigenvalue weighted by Crippen LogP contribution is 2.33. The van der Waals surface area contributed by atoms with Crippen molar-refractivity contribution in [1.82, 2.24) is 4.57 Å². The minimum absolute atomic E-state index is 0.0829. The molecule has 0 fully saturated rings. The summed E-state index contributed by atoms with van der Waals surface area (Å²) in [5.74, 6) is -0.721. The zero-order chi connectivity index (χ0) is 23.9. The van der Waals surface area contributed by atoms with Gasteiger partial charge in [0, 0.05) is 0 Å². The minimum Gasteiger partial charge on any atom is -0.505 e. The highest BCUT2D eigenvalue weighted by molar-refractivity contribution is 7.07. The van der Waals surface area contributed by atoms with Crippen LogP contribution in [0, 0.1) is 6.92 Å². The van der Waals surface area contributed by atoms with Crippen LogP contribution in [0.25, 0.3) is 6.08 Å². The molecular weight excluding hydrogens is 483 g/mol. The maximum atomic E-state index is 13.5. The van der Waals surface area contributed by atoms with Crippen LogP contribution in [0.2, 0.25) is 10.0 Å². The van der Waals surface area contributed by atoms with Gasteiger partial charge >= 0.3 is 5.97 Å². The van der Waals surface area contributed by atoms with E-state index in [1.807, 2.05) is 31.2 Å². The van der Waals surface area contributed by atoms with Crippen molar-refractivity contribution >= 4 is 46.6 Å².